The first-order valence-electron chi connectivity index (χ1n) is 7.72. The Kier molecular flexibility index (Phi) is 4.50. The summed E-state index contributed by atoms with van der Waals surface area (Å²) in [6.45, 7) is 2.38. The minimum Gasteiger partial charge on any atom is -0.466 e. The second kappa shape index (κ2) is 6.18. The highest BCUT2D eigenvalue weighted by molar-refractivity contribution is 9.10. The molecule has 0 radical (unpaired) electrons. The number of rotatable bonds is 4. The van der Waals surface area contributed by atoms with Crippen LogP contribution in [0, 0.1) is 0 Å². The van der Waals surface area contributed by atoms with E-state index in [1.165, 1.54) is 58.0 Å². The van der Waals surface area contributed by atoms with Crippen LogP contribution in [0.25, 0.3) is 0 Å². The third-order valence-electron chi connectivity index (χ3n) is 5.07. The van der Waals surface area contributed by atoms with Gasteiger partial charge in [0.25, 0.3) is 0 Å². The molecule has 1 aliphatic carbocycles. The van der Waals surface area contributed by atoms with E-state index in [1.54, 1.807) is 6.26 Å². The highest BCUT2D eigenvalue weighted by atomic mass is 79.9. The zero-order valence-electron chi connectivity index (χ0n) is 11.9. The van der Waals surface area contributed by atoms with Gasteiger partial charge in [-0.2, -0.15) is 0 Å². The topological polar surface area (TPSA) is 54.4 Å². The molecule has 0 amide bonds. The van der Waals surface area contributed by atoms with Gasteiger partial charge in [-0.3, -0.25) is 10.7 Å². The lowest BCUT2D eigenvalue weighted by molar-refractivity contribution is 0.0291. The number of piperidine rings is 1. The summed E-state index contributed by atoms with van der Waals surface area (Å²) in [5.74, 6) is 6.89. The van der Waals surface area contributed by atoms with Crippen molar-refractivity contribution in [3.8, 4) is 0 Å². The maximum atomic E-state index is 5.95. The second-order valence-corrected chi connectivity index (χ2v) is 6.95. The third-order valence-corrected chi connectivity index (χ3v) is 5.72. The molecule has 1 aromatic rings. The normalized spacial score (nSPS) is 24.9. The van der Waals surface area contributed by atoms with Crippen LogP contribution in [0.3, 0.4) is 0 Å². The molecule has 0 bridgehead atoms. The van der Waals surface area contributed by atoms with Crippen molar-refractivity contribution in [1.29, 1.82) is 0 Å². The molecule has 0 spiro atoms. The van der Waals surface area contributed by atoms with Gasteiger partial charge in [0.1, 0.15) is 5.76 Å². The van der Waals surface area contributed by atoms with E-state index in [4.69, 9.17) is 10.3 Å². The fraction of sp³-hybridized carbons (Fsp3) is 0.733. The molecule has 1 unspecified atom stereocenters. The van der Waals surface area contributed by atoms with Crippen LogP contribution < -0.4 is 11.3 Å². The number of nitrogens with zero attached hydrogens (tertiary/aromatic N) is 1. The molecule has 1 saturated carbocycles. The molecule has 112 valence electrons. The van der Waals surface area contributed by atoms with E-state index >= 15 is 0 Å². The van der Waals surface area contributed by atoms with E-state index in [2.05, 4.69) is 26.3 Å². The van der Waals surface area contributed by atoms with Crippen LogP contribution in [0.5, 0.6) is 0 Å². The summed E-state index contributed by atoms with van der Waals surface area (Å²) in [6, 6.07) is 2.02. The van der Waals surface area contributed by atoms with E-state index in [0.717, 1.165) is 10.2 Å². The molecule has 2 fully saturated rings. The van der Waals surface area contributed by atoms with Gasteiger partial charge in [-0.15, -0.1) is 0 Å². The van der Waals surface area contributed by atoms with E-state index in [0.29, 0.717) is 0 Å². The van der Waals surface area contributed by atoms with Gasteiger partial charge in [0.15, 0.2) is 0 Å². The lowest BCUT2D eigenvalue weighted by Gasteiger charge is -2.47. The molecule has 1 aliphatic heterocycles. The zero-order valence-corrected chi connectivity index (χ0v) is 13.5. The van der Waals surface area contributed by atoms with Crippen molar-refractivity contribution in [1.82, 2.24) is 10.3 Å². The van der Waals surface area contributed by atoms with Crippen LogP contribution in [-0.4, -0.2) is 23.5 Å². The minimum absolute atomic E-state index is 0.0625. The zero-order chi connectivity index (χ0) is 14.0. The first-order chi connectivity index (χ1) is 9.78. The predicted octanol–water partition coefficient (Wildman–Crippen LogP) is 3.35. The van der Waals surface area contributed by atoms with E-state index in [9.17, 15) is 0 Å². The fourth-order valence-electron chi connectivity index (χ4n) is 4.10. The number of furan rings is 1. The number of nitrogens with two attached hydrogens (primary N) is 1. The van der Waals surface area contributed by atoms with Gasteiger partial charge in [-0.25, -0.2) is 5.43 Å². The van der Waals surface area contributed by atoms with Gasteiger partial charge >= 0.3 is 0 Å². The Labute approximate surface area is 129 Å². The van der Waals surface area contributed by atoms with Crippen molar-refractivity contribution < 1.29 is 4.42 Å². The number of hydrogen-bond acceptors (Lipinski definition) is 4. The summed E-state index contributed by atoms with van der Waals surface area (Å²) in [7, 11) is 0. The summed E-state index contributed by atoms with van der Waals surface area (Å²) < 4.78 is 6.75. The Morgan fingerprint density at radius 3 is 2.45 bits per heavy atom. The van der Waals surface area contributed by atoms with Crippen LogP contribution in [0.15, 0.2) is 21.2 Å². The molecule has 2 heterocycles. The van der Waals surface area contributed by atoms with Crippen molar-refractivity contribution in [2.75, 3.05) is 13.1 Å². The average molecular weight is 342 g/mol. The smallest absolute Gasteiger partial charge is 0.138 e. The fourth-order valence-corrected chi connectivity index (χ4v) is 4.53. The van der Waals surface area contributed by atoms with Crippen molar-refractivity contribution in [2.24, 2.45) is 5.84 Å². The summed E-state index contributed by atoms with van der Waals surface area (Å²) in [5, 5.41) is 0. The Balaban J connectivity index is 1.93. The van der Waals surface area contributed by atoms with Crippen molar-refractivity contribution in [3.63, 3.8) is 0 Å². The number of likely N-dealkylation sites (tertiary alicyclic amines) is 1. The lowest BCUT2D eigenvalue weighted by Crippen LogP contribution is -2.57. The predicted molar refractivity (Wildman–Crippen MR) is 83.1 cm³/mol. The summed E-state index contributed by atoms with van der Waals surface area (Å²) >= 11 is 3.60. The Morgan fingerprint density at radius 1 is 1.20 bits per heavy atom. The Bertz CT molecular complexity index is 436. The van der Waals surface area contributed by atoms with E-state index in [-0.39, 0.29) is 11.6 Å². The van der Waals surface area contributed by atoms with Crippen molar-refractivity contribution in [2.45, 2.75) is 56.5 Å². The molecular formula is C15H24BrN3O. The van der Waals surface area contributed by atoms with Crippen LogP contribution in [0.4, 0.5) is 0 Å². The van der Waals surface area contributed by atoms with Crippen LogP contribution in [0.2, 0.25) is 0 Å². The van der Waals surface area contributed by atoms with Gasteiger partial charge in [0.2, 0.25) is 0 Å². The average Bonchev–Trinajstić information content (AvgIpc) is 3.12. The second-order valence-electron chi connectivity index (χ2n) is 6.09. The summed E-state index contributed by atoms with van der Waals surface area (Å²) in [5.41, 5.74) is 3.18. The number of hydrogen-bond donors (Lipinski definition) is 2. The van der Waals surface area contributed by atoms with Gasteiger partial charge < -0.3 is 4.42 Å². The Hall–Kier alpha value is -0.360. The highest BCUT2D eigenvalue weighted by Crippen LogP contribution is 2.46. The molecule has 1 saturated heterocycles. The van der Waals surface area contributed by atoms with Gasteiger partial charge in [0.05, 0.1) is 16.8 Å². The Morgan fingerprint density at radius 2 is 1.90 bits per heavy atom. The number of halogens is 1. The van der Waals surface area contributed by atoms with Crippen molar-refractivity contribution >= 4 is 15.9 Å². The molecule has 0 aromatic carbocycles. The minimum atomic E-state index is 0.0625. The standard InChI is InChI=1S/C15H24BrN3O/c16-12-6-11-20-13(12)14(18-17)15(7-2-3-8-15)19-9-4-1-5-10-19/h6,11,14,18H,1-5,7-10,17H2. The molecule has 5 heteroatoms. The maximum absolute atomic E-state index is 5.95. The molecule has 3 rings (SSSR count). The van der Waals surface area contributed by atoms with E-state index < -0.39 is 0 Å². The molecule has 20 heavy (non-hydrogen) atoms. The van der Waals surface area contributed by atoms with Gasteiger partial charge in [-0.05, 0) is 60.8 Å². The van der Waals surface area contributed by atoms with Crippen molar-refractivity contribution in [3.05, 3.63) is 22.6 Å². The van der Waals surface area contributed by atoms with Crippen LogP contribution in [-0.2, 0) is 0 Å². The van der Waals surface area contributed by atoms with Crippen LogP contribution in [0.1, 0.15) is 56.7 Å². The molecule has 3 N–H and O–H groups in total. The first-order valence-corrected chi connectivity index (χ1v) is 8.51. The maximum Gasteiger partial charge on any atom is 0.138 e. The molecule has 2 aliphatic rings. The highest BCUT2D eigenvalue weighted by Gasteiger charge is 2.48. The third kappa shape index (κ3) is 2.45. The summed E-state index contributed by atoms with van der Waals surface area (Å²) in [6.07, 6.45) is 10.7. The number of hydrazine groups is 1. The molecule has 4 nitrogen and oxygen atoms in total. The van der Waals surface area contributed by atoms with Gasteiger partial charge in [-0.1, -0.05) is 19.3 Å². The molecule has 1 atom stereocenters. The van der Waals surface area contributed by atoms with Gasteiger partial charge in [0, 0.05) is 5.54 Å². The van der Waals surface area contributed by atoms with E-state index in [1.807, 2.05) is 6.07 Å². The SMILES string of the molecule is NNC(c1occc1Br)C1(N2CCCCC2)CCCC1. The summed E-state index contributed by atoms with van der Waals surface area (Å²) in [4.78, 5) is 2.67. The number of nitrogens with one attached hydrogen (secondary N) is 1. The molecule has 1 aromatic heterocycles. The molecular weight excluding hydrogens is 318 g/mol. The first kappa shape index (κ1) is 14.6. The largest absolute Gasteiger partial charge is 0.466 e. The monoisotopic (exact) mass is 341 g/mol. The quantitative estimate of drug-likeness (QED) is 0.651. The lowest BCUT2D eigenvalue weighted by atomic mass is 9.83. The van der Waals surface area contributed by atoms with Crippen LogP contribution >= 0.6 is 15.9 Å².